The number of aliphatic hydroxyl groups excluding tert-OH is 1. The zero-order valence-corrected chi connectivity index (χ0v) is 20.5. The smallest absolute Gasteiger partial charge is 0.324 e. The number of nitrogens with one attached hydrogen (secondary N) is 2. The van der Waals surface area contributed by atoms with E-state index in [1.54, 1.807) is 53.3 Å². The number of aromatic nitrogens is 3. The molecule has 186 valence electrons. The molecule has 3 N–H and O–H groups in total. The van der Waals surface area contributed by atoms with Crippen LogP contribution in [0, 0.1) is 12.7 Å². The molecule has 2 heterocycles. The first-order chi connectivity index (χ1) is 17.1. The molecule has 0 saturated heterocycles. The SMILES string of the molecule is Cc1cc(Oc2ccc(NC(=O)Nc3cc(C(C)(C)C)nn3-c3cccc(CO)c3)c(F)c2)ccn1. The van der Waals surface area contributed by atoms with E-state index in [9.17, 15) is 14.3 Å². The number of carbonyl (C=O) groups excluding carboxylic acids is 1. The van der Waals surface area contributed by atoms with Gasteiger partial charge in [0.15, 0.2) is 0 Å². The summed E-state index contributed by atoms with van der Waals surface area (Å²) in [6.07, 6.45) is 1.61. The van der Waals surface area contributed by atoms with Crippen molar-refractivity contribution in [1.82, 2.24) is 14.8 Å². The Labute approximate surface area is 208 Å². The minimum Gasteiger partial charge on any atom is -0.457 e. The quantitative estimate of drug-likeness (QED) is 0.311. The lowest BCUT2D eigenvalue weighted by atomic mass is 9.92. The fourth-order valence-corrected chi connectivity index (χ4v) is 3.47. The van der Waals surface area contributed by atoms with Crippen LogP contribution in [-0.2, 0) is 12.0 Å². The summed E-state index contributed by atoms with van der Waals surface area (Å²) in [5, 5.41) is 19.5. The zero-order valence-electron chi connectivity index (χ0n) is 20.5. The number of aliphatic hydroxyl groups is 1. The van der Waals surface area contributed by atoms with Crippen molar-refractivity contribution in [1.29, 1.82) is 0 Å². The monoisotopic (exact) mass is 489 g/mol. The van der Waals surface area contributed by atoms with E-state index in [-0.39, 0.29) is 17.7 Å². The molecule has 0 radical (unpaired) electrons. The molecule has 36 heavy (non-hydrogen) atoms. The minimum atomic E-state index is -0.645. The van der Waals surface area contributed by atoms with E-state index in [1.807, 2.05) is 33.8 Å². The lowest BCUT2D eigenvalue weighted by Gasteiger charge is -2.14. The van der Waals surface area contributed by atoms with Gasteiger partial charge in [0.05, 0.1) is 23.7 Å². The fourth-order valence-electron chi connectivity index (χ4n) is 3.47. The Bertz CT molecular complexity index is 1390. The highest BCUT2D eigenvalue weighted by molar-refractivity contribution is 5.99. The molecule has 0 fully saturated rings. The van der Waals surface area contributed by atoms with Gasteiger partial charge in [0.1, 0.15) is 23.1 Å². The molecule has 0 aliphatic rings. The van der Waals surface area contributed by atoms with Crippen molar-refractivity contribution in [2.24, 2.45) is 0 Å². The molecule has 4 aromatic rings. The van der Waals surface area contributed by atoms with Crippen LogP contribution < -0.4 is 15.4 Å². The average molecular weight is 490 g/mol. The fraction of sp³-hybridized carbons (Fsp3) is 0.222. The van der Waals surface area contributed by atoms with Gasteiger partial charge in [0.2, 0.25) is 0 Å². The highest BCUT2D eigenvalue weighted by atomic mass is 19.1. The highest BCUT2D eigenvalue weighted by Gasteiger charge is 2.22. The Hall–Kier alpha value is -4.24. The second kappa shape index (κ2) is 10.2. The molecule has 2 amide bonds. The van der Waals surface area contributed by atoms with Crippen molar-refractivity contribution in [3.8, 4) is 17.2 Å². The number of benzene rings is 2. The third kappa shape index (κ3) is 5.87. The maximum Gasteiger partial charge on any atom is 0.324 e. The van der Waals surface area contributed by atoms with Crippen LogP contribution in [0.4, 0.5) is 20.7 Å². The number of pyridine rings is 1. The molecule has 2 aromatic heterocycles. The van der Waals surface area contributed by atoms with Crippen molar-refractivity contribution >= 4 is 17.5 Å². The van der Waals surface area contributed by atoms with Crippen LogP contribution in [0.25, 0.3) is 5.69 Å². The number of hydrogen-bond donors (Lipinski definition) is 3. The second-order valence-electron chi connectivity index (χ2n) is 9.36. The third-order valence-electron chi connectivity index (χ3n) is 5.35. The van der Waals surface area contributed by atoms with Gasteiger partial charge in [-0.15, -0.1) is 0 Å². The molecule has 0 spiro atoms. The number of anilines is 2. The van der Waals surface area contributed by atoms with Crippen LogP contribution >= 0.6 is 0 Å². The summed E-state index contributed by atoms with van der Waals surface area (Å²) in [5.41, 5.74) is 2.64. The second-order valence-corrected chi connectivity index (χ2v) is 9.36. The van der Waals surface area contributed by atoms with Crippen LogP contribution in [-0.4, -0.2) is 25.9 Å². The highest BCUT2D eigenvalue weighted by Crippen LogP contribution is 2.28. The Morgan fingerprint density at radius 2 is 1.83 bits per heavy atom. The van der Waals surface area contributed by atoms with Gasteiger partial charge in [-0.2, -0.15) is 5.10 Å². The summed E-state index contributed by atoms with van der Waals surface area (Å²) >= 11 is 0. The lowest BCUT2D eigenvalue weighted by molar-refractivity contribution is 0.262. The summed E-state index contributed by atoms with van der Waals surface area (Å²) in [6.45, 7) is 7.75. The molecule has 0 aliphatic carbocycles. The van der Waals surface area contributed by atoms with Crippen molar-refractivity contribution in [3.63, 3.8) is 0 Å². The Morgan fingerprint density at radius 3 is 2.53 bits per heavy atom. The average Bonchev–Trinajstić information content (AvgIpc) is 3.25. The maximum atomic E-state index is 14.7. The van der Waals surface area contributed by atoms with E-state index in [0.717, 1.165) is 11.4 Å². The number of ether oxygens (including phenoxy) is 1. The molecule has 8 nitrogen and oxygen atoms in total. The molecule has 0 saturated carbocycles. The maximum absolute atomic E-state index is 14.7. The van der Waals surface area contributed by atoms with E-state index < -0.39 is 11.8 Å². The molecule has 9 heteroatoms. The first-order valence-electron chi connectivity index (χ1n) is 11.4. The number of carbonyl (C=O) groups is 1. The number of amides is 2. The third-order valence-corrected chi connectivity index (χ3v) is 5.35. The van der Waals surface area contributed by atoms with Gasteiger partial charge < -0.3 is 15.2 Å². The number of hydrogen-bond acceptors (Lipinski definition) is 5. The molecule has 4 rings (SSSR count). The topological polar surface area (TPSA) is 101 Å². The number of nitrogens with zero attached hydrogens (tertiary/aromatic N) is 3. The normalized spacial score (nSPS) is 11.3. The van der Waals surface area contributed by atoms with Gasteiger partial charge >= 0.3 is 6.03 Å². The molecule has 0 aliphatic heterocycles. The summed E-state index contributed by atoms with van der Waals surface area (Å²) in [6, 6.07) is 16.0. The summed E-state index contributed by atoms with van der Waals surface area (Å²) in [4.78, 5) is 16.9. The molecular formula is C27H28FN5O3. The Balaban J connectivity index is 1.53. The van der Waals surface area contributed by atoms with Gasteiger partial charge in [-0.25, -0.2) is 13.9 Å². The van der Waals surface area contributed by atoms with E-state index in [4.69, 9.17) is 4.74 Å². The molecule has 0 bridgehead atoms. The number of urea groups is 1. The molecular weight excluding hydrogens is 461 g/mol. The molecule has 2 aromatic carbocycles. The van der Waals surface area contributed by atoms with E-state index in [2.05, 4.69) is 20.7 Å². The van der Waals surface area contributed by atoms with Gasteiger partial charge in [0, 0.05) is 35.5 Å². The minimum absolute atomic E-state index is 0.00449. The van der Waals surface area contributed by atoms with Gasteiger partial charge in [-0.05, 0) is 42.8 Å². The summed E-state index contributed by atoms with van der Waals surface area (Å²) < 4.78 is 22.0. The van der Waals surface area contributed by atoms with Crippen LogP contribution in [0.3, 0.4) is 0 Å². The van der Waals surface area contributed by atoms with Gasteiger partial charge in [-0.3, -0.25) is 10.3 Å². The van der Waals surface area contributed by atoms with E-state index in [0.29, 0.717) is 28.6 Å². The predicted molar refractivity (Wildman–Crippen MR) is 136 cm³/mol. The molecule has 0 unspecified atom stereocenters. The molecule has 0 atom stereocenters. The summed E-state index contributed by atoms with van der Waals surface area (Å²) in [7, 11) is 0. The van der Waals surface area contributed by atoms with Crippen LogP contribution in [0.2, 0.25) is 0 Å². The van der Waals surface area contributed by atoms with Gasteiger partial charge in [0.25, 0.3) is 0 Å². The van der Waals surface area contributed by atoms with Crippen LogP contribution in [0.5, 0.6) is 11.5 Å². The van der Waals surface area contributed by atoms with E-state index >= 15 is 0 Å². The Kier molecular flexibility index (Phi) is 7.03. The number of halogens is 1. The lowest BCUT2D eigenvalue weighted by Crippen LogP contribution is -2.22. The number of rotatable bonds is 6. The van der Waals surface area contributed by atoms with Crippen molar-refractivity contribution in [3.05, 3.63) is 89.6 Å². The van der Waals surface area contributed by atoms with Gasteiger partial charge in [-0.1, -0.05) is 32.9 Å². The van der Waals surface area contributed by atoms with Crippen molar-refractivity contribution in [2.75, 3.05) is 10.6 Å². The van der Waals surface area contributed by atoms with Crippen molar-refractivity contribution in [2.45, 2.75) is 39.7 Å². The largest absolute Gasteiger partial charge is 0.457 e. The first-order valence-corrected chi connectivity index (χ1v) is 11.4. The van der Waals surface area contributed by atoms with Crippen molar-refractivity contribution < 1.29 is 19.0 Å². The Morgan fingerprint density at radius 1 is 1.06 bits per heavy atom. The summed E-state index contributed by atoms with van der Waals surface area (Å²) in [5.74, 6) is 0.586. The number of aryl methyl sites for hydroxylation is 1. The standard InChI is InChI=1S/C27H28FN5O3/c1-17-12-21(10-11-29-17)36-20-8-9-23(22(28)14-20)30-26(35)31-25-15-24(27(2,3)4)32-33(25)19-7-5-6-18(13-19)16-34/h5-15,34H,16H2,1-4H3,(H2,30,31,35). The van der Waals surface area contributed by atoms with E-state index in [1.165, 1.54) is 12.1 Å². The first kappa shape index (κ1) is 24.9. The van der Waals surface area contributed by atoms with Crippen LogP contribution in [0.15, 0.2) is 66.9 Å². The van der Waals surface area contributed by atoms with Crippen LogP contribution in [0.1, 0.15) is 37.7 Å². The zero-order chi connectivity index (χ0) is 25.9. The predicted octanol–water partition coefficient (Wildman–Crippen LogP) is 5.94.